The molecule has 6 nitrogen and oxygen atoms in total. The van der Waals surface area contributed by atoms with E-state index in [9.17, 15) is 4.79 Å². The fraction of sp³-hybridized carbons (Fsp3) is 0.300. The Kier molecular flexibility index (Phi) is 5.52. The van der Waals surface area contributed by atoms with Gasteiger partial charge in [-0.25, -0.2) is 4.98 Å². The lowest BCUT2D eigenvalue weighted by Gasteiger charge is -2.23. The van der Waals surface area contributed by atoms with Crippen LogP contribution in [0.15, 0.2) is 51.7 Å². The quantitative estimate of drug-likeness (QED) is 0.664. The molecule has 1 aliphatic rings. The van der Waals surface area contributed by atoms with Crippen LogP contribution in [-0.2, 0) is 9.47 Å². The lowest BCUT2D eigenvalue weighted by atomic mass is 10.1. The second-order valence-corrected chi connectivity index (χ2v) is 7.15. The summed E-state index contributed by atoms with van der Waals surface area (Å²) in [4.78, 5) is 19.9. The molecule has 0 atom stereocenters. The highest BCUT2D eigenvalue weighted by Gasteiger charge is 2.16. The summed E-state index contributed by atoms with van der Waals surface area (Å²) < 4.78 is 17.9. The van der Waals surface area contributed by atoms with Gasteiger partial charge in [0.05, 0.1) is 36.3 Å². The molecule has 3 aromatic rings. The van der Waals surface area contributed by atoms with Gasteiger partial charge in [0.2, 0.25) is 0 Å². The molecule has 0 unspecified atom stereocenters. The van der Waals surface area contributed by atoms with Crippen molar-refractivity contribution >= 4 is 26.8 Å². The Bertz CT molecular complexity index is 999. The number of aromatic nitrogens is 2. The largest absolute Gasteiger partial charge is 0.493 e. The molecule has 0 radical (unpaired) electrons. The number of benzene rings is 2. The molecule has 0 bridgehead atoms. The number of ether oxygens (including phenoxy) is 3. The average molecular weight is 431 g/mol. The molecule has 1 N–H and O–H groups in total. The first-order chi connectivity index (χ1) is 13.2. The second-order valence-electron chi connectivity index (χ2n) is 6.23. The minimum absolute atomic E-state index is 0.175. The van der Waals surface area contributed by atoms with E-state index >= 15 is 0 Å². The number of rotatable bonds is 5. The van der Waals surface area contributed by atoms with Gasteiger partial charge in [-0.3, -0.25) is 4.79 Å². The van der Waals surface area contributed by atoms with Gasteiger partial charge in [-0.2, -0.15) is 0 Å². The van der Waals surface area contributed by atoms with Gasteiger partial charge in [0, 0.05) is 10.9 Å². The van der Waals surface area contributed by atoms with E-state index in [0.717, 1.165) is 29.7 Å². The van der Waals surface area contributed by atoms with Crippen LogP contribution in [0.4, 0.5) is 0 Å². The number of aromatic amines is 1. The molecule has 7 heteroatoms. The number of H-pyrrole nitrogens is 1. The molecule has 0 amide bonds. The van der Waals surface area contributed by atoms with Crippen molar-refractivity contribution < 1.29 is 14.2 Å². The van der Waals surface area contributed by atoms with Gasteiger partial charge in [-0.15, -0.1) is 0 Å². The molecular formula is C20H19BrN2O4. The molecule has 0 saturated carbocycles. The van der Waals surface area contributed by atoms with E-state index in [4.69, 9.17) is 14.2 Å². The SMILES string of the molecule is O=c1[nH]c(-c2cc(Br)ccc2OCCC2OCCCO2)nc2ccccc12. The van der Waals surface area contributed by atoms with E-state index < -0.39 is 0 Å². The van der Waals surface area contributed by atoms with Gasteiger partial charge >= 0.3 is 0 Å². The average Bonchev–Trinajstić information content (AvgIpc) is 2.70. The summed E-state index contributed by atoms with van der Waals surface area (Å²) in [5.74, 6) is 1.12. The Labute approximate surface area is 164 Å². The van der Waals surface area contributed by atoms with E-state index in [1.165, 1.54) is 0 Å². The molecule has 27 heavy (non-hydrogen) atoms. The minimum atomic E-state index is -0.226. The van der Waals surface area contributed by atoms with Crippen molar-refractivity contribution in [3.8, 4) is 17.1 Å². The van der Waals surface area contributed by atoms with Crippen molar-refractivity contribution in [1.29, 1.82) is 0 Å². The van der Waals surface area contributed by atoms with Gasteiger partial charge in [-0.1, -0.05) is 28.1 Å². The third-order valence-corrected chi connectivity index (χ3v) is 4.81. The molecule has 2 heterocycles. The molecule has 4 rings (SSSR count). The van der Waals surface area contributed by atoms with Gasteiger partial charge in [-0.05, 0) is 36.8 Å². The van der Waals surface area contributed by atoms with Crippen molar-refractivity contribution in [2.24, 2.45) is 0 Å². The number of para-hydroxylation sites is 1. The first-order valence-electron chi connectivity index (χ1n) is 8.86. The monoisotopic (exact) mass is 430 g/mol. The van der Waals surface area contributed by atoms with Crippen LogP contribution in [0.2, 0.25) is 0 Å². The van der Waals surface area contributed by atoms with E-state index in [2.05, 4.69) is 25.9 Å². The third-order valence-electron chi connectivity index (χ3n) is 4.32. The predicted octanol–water partition coefficient (Wildman–Crippen LogP) is 3.88. The van der Waals surface area contributed by atoms with Crippen LogP contribution in [0.3, 0.4) is 0 Å². The van der Waals surface area contributed by atoms with Crippen LogP contribution in [-0.4, -0.2) is 36.1 Å². The maximum Gasteiger partial charge on any atom is 0.259 e. The normalized spacial score (nSPS) is 15.1. The van der Waals surface area contributed by atoms with Crippen molar-refractivity contribution in [2.45, 2.75) is 19.1 Å². The van der Waals surface area contributed by atoms with Crippen molar-refractivity contribution in [1.82, 2.24) is 9.97 Å². The van der Waals surface area contributed by atoms with Crippen LogP contribution in [0, 0.1) is 0 Å². The number of nitrogens with one attached hydrogen (secondary N) is 1. The summed E-state index contributed by atoms with van der Waals surface area (Å²) in [5, 5.41) is 0.560. The lowest BCUT2D eigenvalue weighted by Crippen LogP contribution is -2.26. The number of hydrogen-bond acceptors (Lipinski definition) is 5. The Morgan fingerprint density at radius 2 is 2.00 bits per heavy atom. The van der Waals surface area contributed by atoms with E-state index in [-0.39, 0.29) is 11.8 Å². The predicted molar refractivity (Wildman–Crippen MR) is 106 cm³/mol. The first kappa shape index (κ1) is 18.2. The molecule has 1 aliphatic heterocycles. The highest BCUT2D eigenvalue weighted by molar-refractivity contribution is 9.10. The molecule has 2 aromatic carbocycles. The zero-order valence-corrected chi connectivity index (χ0v) is 16.2. The van der Waals surface area contributed by atoms with E-state index in [0.29, 0.717) is 35.5 Å². The maximum atomic E-state index is 12.4. The van der Waals surface area contributed by atoms with Gasteiger partial charge < -0.3 is 19.2 Å². The number of hydrogen-bond donors (Lipinski definition) is 1. The van der Waals surface area contributed by atoms with Crippen LogP contribution in [0.5, 0.6) is 5.75 Å². The van der Waals surface area contributed by atoms with Gasteiger partial charge in [0.15, 0.2) is 6.29 Å². The highest BCUT2D eigenvalue weighted by atomic mass is 79.9. The molecule has 1 aromatic heterocycles. The number of fused-ring (bicyclic) bond motifs is 1. The zero-order chi connectivity index (χ0) is 18.6. The molecular weight excluding hydrogens is 412 g/mol. The Morgan fingerprint density at radius 1 is 1.19 bits per heavy atom. The Hall–Kier alpha value is -2.22. The van der Waals surface area contributed by atoms with Crippen LogP contribution >= 0.6 is 15.9 Å². The van der Waals surface area contributed by atoms with Gasteiger partial charge in [0.1, 0.15) is 11.6 Å². The smallest absolute Gasteiger partial charge is 0.259 e. The fourth-order valence-electron chi connectivity index (χ4n) is 3.00. The molecule has 0 spiro atoms. The Morgan fingerprint density at radius 3 is 2.85 bits per heavy atom. The molecule has 1 saturated heterocycles. The third kappa shape index (κ3) is 4.21. The van der Waals surface area contributed by atoms with Crippen LogP contribution < -0.4 is 10.3 Å². The summed E-state index contributed by atoms with van der Waals surface area (Å²) in [6.45, 7) is 1.88. The molecule has 0 aliphatic carbocycles. The standard InChI is InChI=1S/C20H19BrN2O4/c21-13-6-7-17(25-11-8-18-26-9-3-10-27-18)15(12-13)19-22-16-5-2-1-4-14(16)20(24)23-19/h1-2,4-7,12,18H,3,8-11H2,(H,22,23,24). The maximum absolute atomic E-state index is 12.4. The number of halogens is 1. The van der Waals surface area contributed by atoms with Gasteiger partial charge in [0.25, 0.3) is 5.56 Å². The van der Waals surface area contributed by atoms with E-state index in [1.807, 2.05) is 36.4 Å². The zero-order valence-electron chi connectivity index (χ0n) is 14.6. The summed E-state index contributed by atoms with van der Waals surface area (Å²) in [7, 11) is 0. The number of nitrogens with zero attached hydrogens (tertiary/aromatic N) is 1. The van der Waals surface area contributed by atoms with E-state index in [1.54, 1.807) is 6.07 Å². The van der Waals surface area contributed by atoms with Crippen molar-refractivity contribution in [3.05, 3.63) is 57.3 Å². The fourth-order valence-corrected chi connectivity index (χ4v) is 3.36. The first-order valence-corrected chi connectivity index (χ1v) is 9.65. The van der Waals surface area contributed by atoms with Crippen molar-refractivity contribution in [3.63, 3.8) is 0 Å². The summed E-state index contributed by atoms with van der Waals surface area (Å²) in [5.41, 5.74) is 1.19. The van der Waals surface area contributed by atoms with Crippen molar-refractivity contribution in [2.75, 3.05) is 19.8 Å². The Balaban J connectivity index is 1.60. The highest BCUT2D eigenvalue weighted by Crippen LogP contribution is 2.31. The summed E-state index contributed by atoms with van der Waals surface area (Å²) in [6, 6.07) is 12.9. The molecule has 1 fully saturated rings. The minimum Gasteiger partial charge on any atom is -0.493 e. The second kappa shape index (κ2) is 8.21. The van der Waals surface area contributed by atoms with Crippen LogP contribution in [0.1, 0.15) is 12.8 Å². The lowest BCUT2D eigenvalue weighted by molar-refractivity contribution is -0.183. The summed E-state index contributed by atoms with van der Waals surface area (Å²) >= 11 is 3.48. The summed E-state index contributed by atoms with van der Waals surface area (Å²) in [6.07, 6.45) is 1.34. The molecule has 140 valence electrons. The van der Waals surface area contributed by atoms with Crippen LogP contribution in [0.25, 0.3) is 22.3 Å². The topological polar surface area (TPSA) is 73.4 Å².